The van der Waals surface area contributed by atoms with Gasteiger partial charge in [-0.05, 0) is 24.5 Å². The molecule has 0 radical (unpaired) electrons. The molecule has 0 bridgehead atoms. The van der Waals surface area contributed by atoms with Crippen LogP contribution >= 0.6 is 11.3 Å². The van der Waals surface area contributed by atoms with E-state index in [1.807, 2.05) is 54.8 Å². The molecule has 6 nitrogen and oxygen atoms in total. The molecule has 0 saturated carbocycles. The summed E-state index contributed by atoms with van der Waals surface area (Å²) in [5.41, 5.74) is 1.48. The first-order valence-electron chi connectivity index (χ1n) is 8.84. The van der Waals surface area contributed by atoms with Crippen molar-refractivity contribution in [2.45, 2.75) is 6.92 Å². The Balaban J connectivity index is 1.73. The molecule has 0 unspecified atom stereocenters. The van der Waals surface area contributed by atoms with Crippen molar-refractivity contribution in [3.05, 3.63) is 77.4 Å². The number of carboxylic acid groups (broad SMARTS) is 1. The zero-order valence-corrected chi connectivity index (χ0v) is 16.3. The lowest BCUT2D eigenvalue weighted by Gasteiger charge is -2.13. The number of hydrogen-bond acceptors (Lipinski definition) is 6. The van der Waals surface area contributed by atoms with Crippen LogP contribution in [-0.2, 0) is 4.79 Å². The number of aromatic nitrogens is 2. The lowest BCUT2D eigenvalue weighted by molar-refractivity contribution is -0.131. The second-order valence-corrected chi connectivity index (χ2v) is 7.14. The highest BCUT2D eigenvalue weighted by Gasteiger charge is 2.10. The van der Waals surface area contributed by atoms with Gasteiger partial charge in [0.25, 0.3) is 0 Å². The normalized spacial score (nSPS) is 11.1. The Morgan fingerprint density at radius 2 is 2.00 bits per heavy atom. The van der Waals surface area contributed by atoms with Crippen LogP contribution in [0.3, 0.4) is 0 Å². The molecule has 4 rings (SSSR count). The summed E-state index contributed by atoms with van der Waals surface area (Å²) in [6, 6.07) is 15.5. The largest absolute Gasteiger partial charge is 0.478 e. The molecule has 29 heavy (non-hydrogen) atoms. The number of ether oxygens (including phenoxy) is 1. The Bertz CT molecular complexity index is 1210. The maximum Gasteiger partial charge on any atom is 0.328 e. The van der Waals surface area contributed by atoms with Crippen molar-refractivity contribution in [1.82, 2.24) is 9.97 Å². The van der Waals surface area contributed by atoms with Gasteiger partial charge in [-0.3, -0.25) is 0 Å². The maximum absolute atomic E-state index is 11.0. The third-order valence-electron chi connectivity index (χ3n) is 4.12. The second kappa shape index (κ2) is 8.12. The van der Waals surface area contributed by atoms with E-state index >= 15 is 0 Å². The van der Waals surface area contributed by atoms with Gasteiger partial charge in [-0.1, -0.05) is 36.4 Å². The summed E-state index contributed by atoms with van der Waals surface area (Å²) in [6.45, 7) is 1.92. The number of rotatable bonds is 6. The molecule has 7 heteroatoms. The molecule has 0 atom stereocenters. The fourth-order valence-electron chi connectivity index (χ4n) is 2.81. The second-order valence-electron chi connectivity index (χ2n) is 6.28. The molecule has 2 aromatic heterocycles. The Hall–Kier alpha value is -3.71. The quantitative estimate of drug-likeness (QED) is 0.406. The van der Waals surface area contributed by atoms with Crippen LogP contribution in [0.4, 0.5) is 10.9 Å². The van der Waals surface area contributed by atoms with Gasteiger partial charge in [0.15, 0.2) is 5.13 Å². The number of carboxylic acids is 1. The molecule has 0 amide bonds. The topological polar surface area (TPSA) is 84.3 Å². The first-order chi connectivity index (χ1) is 14.1. The van der Waals surface area contributed by atoms with Gasteiger partial charge >= 0.3 is 5.97 Å². The minimum atomic E-state index is -1.04. The van der Waals surface area contributed by atoms with Crippen molar-refractivity contribution < 1.29 is 14.6 Å². The van der Waals surface area contributed by atoms with Gasteiger partial charge in [0.2, 0.25) is 0 Å². The van der Waals surface area contributed by atoms with Crippen LogP contribution in [0.25, 0.3) is 16.8 Å². The number of fused-ring (bicyclic) bond motifs is 1. The van der Waals surface area contributed by atoms with E-state index in [0.717, 1.165) is 27.7 Å². The molecule has 0 aliphatic rings. The van der Waals surface area contributed by atoms with Crippen LogP contribution in [0.15, 0.2) is 66.2 Å². The summed E-state index contributed by atoms with van der Waals surface area (Å²) < 4.78 is 6.20. The van der Waals surface area contributed by atoms with Gasteiger partial charge in [-0.2, -0.15) is 0 Å². The number of thiazole rings is 1. The third kappa shape index (κ3) is 4.41. The van der Waals surface area contributed by atoms with Gasteiger partial charge in [0.1, 0.15) is 17.3 Å². The lowest BCUT2D eigenvalue weighted by Crippen LogP contribution is -1.97. The number of nitrogens with one attached hydrogen (secondary N) is 1. The van der Waals surface area contributed by atoms with Crippen molar-refractivity contribution in [1.29, 1.82) is 0 Å². The number of aryl methyl sites for hydroxylation is 1. The number of nitrogens with zero attached hydrogens (tertiary/aromatic N) is 2. The van der Waals surface area contributed by atoms with E-state index in [1.54, 1.807) is 12.3 Å². The fraction of sp³-hybridized carbons (Fsp3) is 0.0455. The Morgan fingerprint density at radius 1 is 1.17 bits per heavy atom. The number of hydrogen-bond donors (Lipinski definition) is 2. The Labute approximate surface area is 171 Å². The summed E-state index contributed by atoms with van der Waals surface area (Å²) in [4.78, 5) is 19.7. The Kier molecular flexibility index (Phi) is 5.22. The fourth-order valence-corrected chi connectivity index (χ4v) is 3.51. The van der Waals surface area contributed by atoms with Crippen LogP contribution in [0.2, 0.25) is 0 Å². The van der Waals surface area contributed by atoms with Crippen LogP contribution < -0.4 is 10.1 Å². The van der Waals surface area contributed by atoms with E-state index in [1.165, 1.54) is 17.4 Å². The molecule has 0 spiro atoms. The molecule has 0 aliphatic carbocycles. The first kappa shape index (κ1) is 18.6. The summed E-state index contributed by atoms with van der Waals surface area (Å²) in [7, 11) is 0. The number of anilines is 2. The van der Waals surface area contributed by atoms with Crippen molar-refractivity contribution in [3.8, 4) is 11.5 Å². The van der Waals surface area contributed by atoms with Crippen molar-refractivity contribution >= 4 is 45.1 Å². The zero-order valence-electron chi connectivity index (χ0n) is 15.5. The minimum Gasteiger partial charge on any atom is -0.478 e. The van der Waals surface area contributed by atoms with E-state index in [-0.39, 0.29) is 0 Å². The van der Waals surface area contributed by atoms with Crippen LogP contribution in [-0.4, -0.2) is 21.0 Å². The molecular weight excluding hydrogens is 386 g/mol. The van der Waals surface area contributed by atoms with Crippen LogP contribution in [0, 0.1) is 6.92 Å². The monoisotopic (exact) mass is 403 g/mol. The van der Waals surface area contributed by atoms with E-state index in [0.29, 0.717) is 22.9 Å². The number of aliphatic carboxylic acids is 1. The summed E-state index contributed by atoms with van der Waals surface area (Å²) in [5.74, 6) is 0.684. The number of carbonyl (C=O) groups is 1. The van der Waals surface area contributed by atoms with Gasteiger partial charge in [0.05, 0.1) is 5.69 Å². The minimum absolute atomic E-state index is 0.490. The molecular formula is C22H17N3O3S. The van der Waals surface area contributed by atoms with Crippen LogP contribution in [0.5, 0.6) is 11.5 Å². The van der Waals surface area contributed by atoms with E-state index in [4.69, 9.17) is 9.84 Å². The van der Waals surface area contributed by atoms with E-state index in [9.17, 15) is 4.79 Å². The van der Waals surface area contributed by atoms with Gasteiger partial charge in [-0.25, -0.2) is 14.8 Å². The maximum atomic E-state index is 11.0. The predicted molar refractivity (Wildman–Crippen MR) is 115 cm³/mol. The smallest absolute Gasteiger partial charge is 0.328 e. The molecule has 0 aliphatic heterocycles. The summed E-state index contributed by atoms with van der Waals surface area (Å²) >= 11 is 1.48. The predicted octanol–water partition coefficient (Wildman–Crippen LogP) is 5.63. The van der Waals surface area contributed by atoms with Crippen LogP contribution in [0.1, 0.15) is 11.3 Å². The molecule has 144 valence electrons. The standard InChI is InChI=1S/C22H17N3O3S/c1-14-13-29-22(24-14)25-20-11-19(16(12-23-20)9-10-21(26)27)28-18-8-4-6-15-5-2-3-7-17(15)18/h2-13H,1H3,(H,26,27)(H,23,24,25)/b10-9+. The summed E-state index contributed by atoms with van der Waals surface area (Å²) in [6.07, 6.45) is 4.10. The molecule has 2 heterocycles. The lowest BCUT2D eigenvalue weighted by atomic mass is 10.1. The van der Waals surface area contributed by atoms with E-state index in [2.05, 4.69) is 15.3 Å². The van der Waals surface area contributed by atoms with E-state index < -0.39 is 5.97 Å². The van der Waals surface area contributed by atoms with Gasteiger partial charge in [0, 0.05) is 34.7 Å². The third-order valence-corrected chi connectivity index (χ3v) is 5.00. The van der Waals surface area contributed by atoms with Gasteiger partial charge < -0.3 is 15.2 Å². The van der Waals surface area contributed by atoms with Crippen molar-refractivity contribution in [3.63, 3.8) is 0 Å². The highest BCUT2D eigenvalue weighted by atomic mass is 32.1. The highest BCUT2D eigenvalue weighted by Crippen LogP contribution is 2.33. The molecule has 0 fully saturated rings. The average Bonchev–Trinajstić information content (AvgIpc) is 3.12. The molecule has 2 aromatic carbocycles. The highest BCUT2D eigenvalue weighted by molar-refractivity contribution is 7.13. The van der Waals surface area contributed by atoms with Crippen molar-refractivity contribution in [2.24, 2.45) is 0 Å². The van der Waals surface area contributed by atoms with Gasteiger partial charge in [-0.15, -0.1) is 11.3 Å². The number of pyridine rings is 1. The molecule has 4 aromatic rings. The number of benzene rings is 2. The summed E-state index contributed by atoms with van der Waals surface area (Å²) in [5, 5.41) is 16.8. The first-order valence-corrected chi connectivity index (χ1v) is 9.72. The van der Waals surface area contributed by atoms with Crippen molar-refractivity contribution in [2.75, 3.05) is 5.32 Å². The SMILES string of the molecule is Cc1csc(Nc2cc(Oc3cccc4ccccc34)c(/C=C/C(=O)O)cn2)n1. The molecule has 2 N–H and O–H groups in total. The molecule has 0 saturated heterocycles. The Morgan fingerprint density at radius 3 is 2.79 bits per heavy atom. The zero-order chi connectivity index (χ0) is 20.2. The average molecular weight is 403 g/mol.